The molecule has 2 N–H and O–H groups in total. The first kappa shape index (κ1) is 28.3. The Morgan fingerprint density at radius 1 is 0.812 bits per heavy atom. The highest BCUT2D eigenvalue weighted by molar-refractivity contribution is 5.90. The molecule has 0 bridgehead atoms. The molecule has 0 saturated carbocycles. The third-order valence-corrected chi connectivity index (χ3v) is 6.31. The Hall–Kier alpha value is -1.71. The number of phenols is 1. The van der Waals surface area contributed by atoms with Crippen molar-refractivity contribution in [3.05, 3.63) is 23.8 Å². The van der Waals surface area contributed by atoms with Gasteiger partial charge in [-0.2, -0.15) is 0 Å². The standard InChI is InChI=1S/C28H49NO3/c1-4-7-8-9-10-11-12-13-14-15-16-17-18-19-22-32-28(31)24-20-21-26(27(30)23-24)29-25(5-2)6-3/h20-21,23,25,29-30H,4-19,22H2,1-3H3. The lowest BCUT2D eigenvalue weighted by molar-refractivity contribution is 0.0497. The number of phenolic OH excluding ortho intramolecular Hbond substituents is 1. The van der Waals surface area contributed by atoms with Crippen molar-refractivity contribution in [3.8, 4) is 5.75 Å². The number of anilines is 1. The number of esters is 1. The normalized spacial score (nSPS) is 11.1. The fourth-order valence-corrected chi connectivity index (χ4v) is 4.04. The van der Waals surface area contributed by atoms with Gasteiger partial charge in [0.2, 0.25) is 0 Å². The molecule has 0 heterocycles. The highest BCUT2D eigenvalue weighted by atomic mass is 16.5. The predicted molar refractivity (Wildman–Crippen MR) is 137 cm³/mol. The molecule has 0 fully saturated rings. The average molecular weight is 448 g/mol. The SMILES string of the molecule is CCCCCCCCCCCCCCCCOC(=O)c1ccc(NC(CC)CC)c(O)c1. The van der Waals surface area contributed by atoms with Crippen LogP contribution in [0.2, 0.25) is 0 Å². The van der Waals surface area contributed by atoms with Gasteiger partial charge in [-0.3, -0.25) is 0 Å². The van der Waals surface area contributed by atoms with Crippen LogP contribution in [0, 0.1) is 0 Å². The summed E-state index contributed by atoms with van der Waals surface area (Å²) in [4.78, 5) is 12.2. The van der Waals surface area contributed by atoms with E-state index in [9.17, 15) is 9.90 Å². The Balaban J connectivity index is 2.04. The minimum Gasteiger partial charge on any atom is -0.506 e. The van der Waals surface area contributed by atoms with E-state index in [2.05, 4.69) is 26.1 Å². The van der Waals surface area contributed by atoms with E-state index in [-0.39, 0.29) is 11.7 Å². The minimum absolute atomic E-state index is 0.0999. The van der Waals surface area contributed by atoms with Crippen LogP contribution in [0.15, 0.2) is 18.2 Å². The van der Waals surface area contributed by atoms with E-state index in [1.165, 1.54) is 83.1 Å². The smallest absolute Gasteiger partial charge is 0.338 e. The molecule has 4 heteroatoms. The molecule has 0 aliphatic rings. The van der Waals surface area contributed by atoms with Crippen molar-refractivity contribution in [2.75, 3.05) is 11.9 Å². The van der Waals surface area contributed by atoms with Crippen LogP contribution in [0.1, 0.15) is 134 Å². The summed E-state index contributed by atoms with van der Waals surface area (Å²) < 4.78 is 5.38. The van der Waals surface area contributed by atoms with Gasteiger partial charge < -0.3 is 15.2 Å². The Morgan fingerprint density at radius 2 is 1.31 bits per heavy atom. The monoisotopic (exact) mass is 447 g/mol. The molecule has 0 aromatic heterocycles. The number of ether oxygens (including phenoxy) is 1. The summed E-state index contributed by atoms with van der Waals surface area (Å²) >= 11 is 0. The molecule has 0 amide bonds. The molecule has 1 aromatic rings. The summed E-state index contributed by atoms with van der Waals surface area (Å²) in [5.74, 6) is -0.257. The summed E-state index contributed by atoms with van der Waals surface area (Å²) in [5.41, 5.74) is 1.07. The summed E-state index contributed by atoms with van der Waals surface area (Å²) in [6.45, 7) is 6.94. The molecule has 1 aromatic carbocycles. The molecule has 184 valence electrons. The molecular weight excluding hydrogens is 398 g/mol. The average Bonchev–Trinajstić information content (AvgIpc) is 2.80. The number of benzene rings is 1. The van der Waals surface area contributed by atoms with Crippen molar-refractivity contribution in [3.63, 3.8) is 0 Å². The molecule has 4 nitrogen and oxygen atoms in total. The van der Waals surface area contributed by atoms with Crippen LogP contribution in [0.5, 0.6) is 5.75 Å². The zero-order valence-corrected chi connectivity index (χ0v) is 21.1. The second kappa shape index (κ2) is 18.8. The van der Waals surface area contributed by atoms with Gasteiger partial charge in [-0.25, -0.2) is 4.79 Å². The largest absolute Gasteiger partial charge is 0.506 e. The van der Waals surface area contributed by atoms with E-state index in [1.807, 2.05) is 0 Å². The molecule has 0 unspecified atom stereocenters. The first-order chi connectivity index (χ1) is 15.6. The van der Waals surface area contributed by atoms with Gasteiger partial charge in [-0.15, -0.1) is 0 Å². The van der Waals surface area contributed by atoms with E-state index in [0.717, 1.165) is 25.7 Å². The van der Waals surface area contributed by atoms with Crippen molar-refractivity contribution < 1.29 is 14.6 Å². The Labute approximate surface area is 197 Å². The third-order valence-electron chi connectivity index (χ3n) is 6.31. The van der Waals surface area contributed by atoms with Crippen LogP contribution in [0.3, 0.4) is 0 Å². The van der Waals surface area contributed by atoms with Gasteiger partial charge in [0.05, 0.1) is 17.9 Å². The third kappa shape index (κ3) is 13.0. The van der Waals surface area contributed by atoms with E-state index >= 15 is 0 Å². The molecule has 0 saturated heterocycles. The lowest BCUT2D eigenvalue weighted by Gasteiger charge is -2.17. The maximum Gasteiger partial charge on any atom is 0.338 e. The molecule has 1 rings (SSSR count). The number of hydrogen-bond donors (Lipinski definition) is 2. The Kier molecular flexibility index (Phi) is 16.7. The van der Waals surface area contributed by atoms with Crippen molar-refractivity contribution >= 4 is 11.7 Å². The van der Waals surface area contributed by atoms with Gasteiger partial charge in [0, 0.05) is 6.04 Å². The topological polar surface area (TPSA) is 58.6 Å². The molecule has 32 heavy (non-hydrogen) atoms. The number of carbonyl (C=O) groups is 1. The summed E-state index contributed by atoms with van der Waals surface area (Å²) in [5, 5.41) is 13.5. The van der Waals surface area contributed by atoms with Crippen LogP contribution in [0.25, 0.3) is 0 Å². The van der Waals surface area contributed by atoms with Gasteiger partial charge in [-0.05, 0) is 37.5 Å². The molecular formula is C28H49NO3. The highest BCUT2D eigenvalue weighted by Crippen LogP contribution is 2.26. The van der Waals surface area contributed by atoms with Crippen LogP contribution < -0.4 is 5.32 Å². The number of aromatic hydroxyl groups is 1. The van der Waals surface area contributed by atoms with E-state index in [1.54, 1.807) is 12.1 Å². The van der Waals surface area contributed by atoms with Crippen LogP contribution >= 0.6 is 0 Å². The lowest BCUT2D eigenvalue weighted by Crippen LogP contribution is -2.17. The van der Waals surface area contributed by atoms with Crippen molar-refractivity contribution in [1.82, 2.24) is 0 Å². The first-order valence-electron chi connectivity index (χ1n) is 13.4. The Morgan fingerprint density at radius 3 is 1.78 bits per heavy atom. The molecule has 0 aliphatic heterocycles. The number of rotatable bonds is 20. The number of hydrogen-bond acceptors (Lipinski definition) is 4. The van der Waals surface area contributed by atoms with Crippen molar-refractivity contribution in [2.45, 2.75) is 130 Å². The summed E-state index contributed by atoms with van der Waals surface area (Å²) in [6, 6.07) is 5.30. The molecule has 0 spiro atoms. The number of unbranched alkanes of at least 4 members (excludes halogenated alkanes) is 13. The van der Waals surface area contributed by atoms with E-state index < -0.39 is 0 Å². The van der Waals surface area contributed by atoms with Crippen LogP contribution in [-0.4, -0.2) is 23.7 Å². The number of nitrogens with one attached hydrogen (secondary N) is 1. The van der Waals surface area contributed by atoms with Gasteiger partial charge in [0.15, 0.2) is 0 Å². The summed E-state index contributed by atoms with van der Waals surface area (Å²) in [6.07, 6.45) is 20.3. The Bertz CT molecular complexity index is 598. The second-order valence-electron chi connectivity index (χ2n) is 9.12. The van der Waals surface area contributed by atoms with Crippen molar-refractivity contribution in [1.29, 1.82) is 0 Å². The van der Waals surface area contributed by atoms with Crippen LogP contribution in [0.4, 0.5) is 5.69 Å². The second-order valence-corrected chi connectivity index (χ2v) is 9.12. The molecule has 0 radical (unpaired) electrons. The van der Waals surface area contributed by atoms with Gasteiger partial charge >= 0.3 is 5.97 Å². The maximum atomic E-state index is 12.2. The van der Waals surface area contributed by atoms with Gasteiger partial charge in [-0.1, -0.05) is 104 Å². The fourth-order valence-electron chi connectivity index (χ4n) is 4.04. The van der Waals surface area contributed by atoms with E-state index in [4.69, 9.17) is 4.74 Å². The van der Waals surface area contributed by atoms with Crippen molar-refractivity contribution in [2.24, 2.45) is 0 Å². The minimum atomic E-state index is -0.357. The fraction of sp³-hybridized carbons (Fsp3) is 0.750. The van der Waals surface area contributed by atoms with Crippen LogP contribution in [-0.2, 0) is 4.74 Å². The maximum absolute atomic E-state index is 12.2. The lowest BCUT2D eigenvalue weighted by atomic mass is 10.0. The zero-order valence-electron chi connectivity index (χ0n) is 21.1. The van der Waals surface area contributed by atoms with Gasteiger partial charge in [0.1, 0.15) is 5.75 Å². The highest BCUT2D eigenvalue weighted by Gasteiger charge is 2.12. The van der Waals surface area contributed by atoms with E-state index in [0.29, 0.717) is 23.9 Å². The summed E-state index contributed by atoms with van der Waals surface area (Å²) in [7, 11) is 0. The zero-order chi connectivity index (χ0) is 23.4. The quantitative estimate of drug-likeness (QED) is 0.119. The van der Waals surface area contributed by atoms with Gasteiger partial charge in [0.25, 0.3) is 0 Å². The first-order valence-corrected chi connectivity index (χ1v) is 13.4. The molecule has 0 aliphatic carbocycles. The predicted octanol–water partition coefficient (Wildman–Crippen LogP) is 8.63. The molecule has 0 atom stereocenters. The number of carbonyl (C=O) groups excluding carboxylic acids is 1.